The van der Waals surface area contributed by atoms with Gasteiger partial charge in [-0.1, -0.05) is 66.7 Å². The van der Waals surface area contributed by atoms with Crippen LogP contribution < -0.4 is 10.1 Å². The van der Waals surface area contributed by atoms with Crippen LogP contribution in [0, 0.1) is 12.5 Å². The van der Waals surface area contributed by atoms with Crippen molar-refractivity contribution in [3.63, 3.8) is 0 Å². The van der Waals surface area contributed by atoms with Crippen LogP contribution in [0.3, 0.4) is 0 Å². The Morgan fingerprint density at radius 3 is 2.59 bits per heavy atom. The molecule has 0 aromatic heterocycles. The number of piperidine rings is 1. The number of hydrogen-bond acceptors (Lipinski definition) is 4. The van der Waals surface area contributed by atoms with Crippen LogP contribution in [0.15, 0.2) is 72.8 Å². The zero-order valence-electron chi connectivity index (χ0n) is 21.9. The third-order valence-corrected chi connectivity index (χ3v) is 9.40. The second-order valence-electron chi connectivity index (χ2n) is 11.3. The number of amides is 1. The third-order valence-electron chi connectivity index (χ3n) is 9.40. The van der Waals surface area contributed by atoms with E-state index < -0.39 is 6.10 Å². The molecule has 2 bridgehead atoms. The number of benzene rings is 3. The normalized spacial score (nSPS) is 27.8. The lowest BCUT2D eigenvalue weighted by atomic mass is 9.53. The van der Waals surface area contributed by atoms with Gasteiger partial charge in [-0.15, -0.1) is 0 Å². The van der Waals surface area contributed by atoms with Crippen molar-refractivity contribution in [2.45, 2.75) is 42.9 Å². The van der Waals surface area contributed by atoms with Crippen LogP contribution in [-0.4, -0.2) is 54.3 Å². The fourth-order valence-electron chi connectivity index (χ4n) is 7.44. The van der Waals surface area contributed by atoms with E-state index in [0.29, 0.717) is 29.6 Å². The molecule has 2 aliphatic heterocycles. The average molecular weight is 518 g/mol. The number of aliphatic hydroxyl groups excluding tert-OH is 1. The minimum Gasteiger partial charge on any atom is -0.485 e. The first-order valence-electron chi connectivity index (χ1n) is 13.7. The van der Waals surface area contributed by atoms with E-state index in [1.165, 1.54) is 5.56 Å². The monoisotopic (exact) mass is 517 g/mol. The molecule has 5 atom stereocenters. The summed E-state index contributed by atoms with van der Waals surface area (Å²) in [5.41, 5.74) is 6.67. The molecule has 0 radical (unpaired) electrons. The highest BCUT2D eigenvalue weighted by molar-refractivity contribution is 5.98. The first-order valence-corrected chi connectivity index (χ1v) is 13.7. The Kier molecular flexibility index (Phi) is 5.62. The van der Waals surface area contributed by atoms with Crippen molar-refractivity contribution >= 4 is 11.6 Å². The molecule has 1 fully saturated rings. The molecule has 2 heterocycles. The Balaban J connectivity index is 1.08. The number of carbonyl (C=O) groups excluding carboxylic acids is 1. The SMILES string of the molecule is [C-]#[N+]c1ccc(-c2ccc(CCNC(=O)c3ccc4c5c3O[C@H]3[C@@H](O)C=C[C@H]6[C@@H](C4)N(C)CC[C@@]563)cc2)cc1. The predicted octanol–water partition coefficient (Wildman–Crippen LogP) is 4.68. The molecule has 1 amide bonds. The van der Waals surface area contributed by atoms with Gasteiger partial charge in [-0.25, -0.2) is 4.85 Å². The maximum absolute atomic E-state index is 13.4. The number of aliphatic hydroxyl groups is 1. The van der Waals surface area contributed by atoms with Crippen LogP contribution in [0.4, 0.5) is 5.69 Å². The summed E-state index contributed by atoms with van der Waals surface area (Å²) < 4.78 is 6.52. The van der Waals surface area contributed by atoms with Crippen molar-refractivity contribution in [1.29, 1.82) is 0 Å². The van der Waals surface area contributed by atoms with Crippen LogP contribution in [0.5, 0.6) is 5.75 Å². The van der Waals surface area contributed by atoms with Gasteiger partial charge < -0.3 is 20.1 Å². The Morgan fingerprint density at radius 1 is 1.10 bits per heavy atom. The Labute approximate surface area is 228 Å². The summed E-state index contributed by atoms with van der Waals surface area (Å²) >= 11 is 0. The van der Waals surface area contributed by atoms with E-state index in [2.05, 4.69) is 58.5 Å². The molecule has 6 nitrogen and oxygen atoms in total. The van der Waals surface area contributed by atoms with Gasteiger partial charge >= 0.3 is 0 Å². The molecule has 39 heavy (non-hydrogen) atoms. The van der Waals surface area contributed by atoms with Gasteiger partial charge in [0, 0.05) is 29.5 Å². The maximum atomic E-state index is 13.4. The second kappa shape index (κ2) is 9.08. The van der Waals surface area contributed by atoms with Gasteiger partial charge in [0.1, 0.15) is 18.0 Å². The van der Waals surface area contributed by atoms with E-state index in [9.17, 15) is 9.90 Å². The number of ether oxygens (including phenoxy) is 1. The van der Waals surface area contributed by atoms with Gasteiger partial charge in [0.25, 0.3) is 5.91 Å². The zero-order valence-corrected chi connectivity index (χ0v) is 21.9. The topological polar surface area (TPSA) is 66.2 Å². The highest BCUT2D eigenvalue weighted by Gasteiger charge is 2.64. The molecule has 7 rings (SSSR count). The number of likely N-dealkylation sites (tertiary alicyclic amines) is 1. The molecule has 1 spiro atoms. The van der Waals surface area contributed by atoms with Crippen molar-refractivity contribution < 1.29 is 14.6 Å². The highest BCUT2D eigenvalue weighted by atomic mass is 16.5. The molecule has 196 valence electrons. The van der Waals surface area contributed by atoms with Gasteiger partial charge in [-0.2, -0.15) is 0 Å². The van der Waals surface area contributed by atoms with E-state index >= 15 is 0 Å². The van der Waals surface area contributed by atoms with Gasteiger partial charge in [-0.05, 0) is 61.2 Å². The molecule has 0 saturated carbocycles. The van der Waals surface area contributed by atoms with Crippen LogP contribution in [-0.2, 0) is 18.3 Å². The van der Waals surface area contributed by atoms with Gasteiger partial charge in [0.2, 0.25) is 0 Å². The molecule has 0 unspecified atom stereocenters. The summed E-state index contributed by atoms with van der Waals surface area (Å²) in [4.78, 5) is 19.3. The van der Waals surface area contributed by atoms with E-state index in [0.717, 1.165) is 48.1 Å². The molecule has 6 heteroatoms. The van der Waals surface area contributed by atoms with Crippen molar-refractivity contribution in [2.75, 3.05) is 20.1 Å². The van der Waals surface area contributed by atoms with Gasteiger partial charge in [0.15, 0.2) is 5.69 Å². The van der Waals surface area contributed by atoms with Crippen molar-refractivity contribution in [3.8, 4) is 16.9 Å². The number of likely N-dealkylation sites (N-methyl/N-ethyl adjacent to an activating group) is 1. The minimum atomic E-state index is -0.673. The van der Waals surface area contributed by atoms with E-state index in [1.54, 1.807) is 0 Å². The van der Waals surface area contributed by atoms with Crippen LogP contribution in [0.25, 0.3) is 16.0 Å². The average Bonchev–Trinajstić information content (AvgIpc) is 3.32. The predicted molar refractivity (Wildman–Crippen MR) is 150 cm³/mol. The fourth-order valence-corrected chi connectivity index (χ4v) is 7.44. The first-order chi connectivity index (χ1) is 19.0. The summed E-state index contributed by atoms with van der Waals surface area (Å²) in [5.74, 6) is 0.832. The maximum Gasteiger partial charge on any atom is 0.255 e. The number of carbonyl (C=O) groups is 1. The van der Waals surface area contributed by atoms with Crippen molar-refractivity contribution in [1.82, 2.24) is 10.2 Å². The first kappa shape index (κ1) is 24.1. The lowest BCUT2D eigenvalue weighted by molar-refractivity contribution is -0.0451. The molecule has 2 N–H and O–H groups in total. The molecular formula is C33H31N3O3. The summed E-state index contributed by atoms with van der Waals surface area (Å²) in [6, 6.07) is 20.3. The molecule has 1 saturated heterocycles. The van der Waals surface area contributed by atoms with Crippen LogP contribution in [0.2, 0.25) is 0 Å². The Morgan fingerprint density at radius 2 is 1.85 bits per heavy atom. The van der Waals surface area contributed by atoms with E-state index in [-0.39, 0.29) is 23.3 Å². The van der Waals surface area contributed by atoms with Crippen LogP contribution >= 0.6 is 0 Å². The Hall–Kier alpha value is -3.92. The molecule has 3 aromatic carbocycles. The molecule has 2 aliphatic carbocycles. The van der Waals surface area contributed by atoms with Crippen molar-refractivity contribution in [2.24, 2.45) is 5.92 Å². The standard InChI is InChI=1S/C33H31N3O3/c1-34-24-10-7-22(8-11-24)21-5-3-20(4-6-21)15-17-35-32(38)25-12-9-23-19-27-26-13-14-28(37)31-33(26,16-18-36(27)2)29(23)30(25)39-31/h3-14,26-28,31,37H,15-19H2,2H3,(H,35,38)/t26-,27+,28-,31-,33-/m0/s1. The number of nitrogens with one attached hydrogen (secondary N) is 1. The molecular weight excluding hydrogens is 486 g/mol. The zero-order chi connectivity index (χ0) is 26.7. The smallest absolute Gasteiger partial charge is 0.255 e. The molecule has 4 aliphatic rings. The largest absolute Gasteiger partial charge is 0.485 e. The quantitative estimate of drug-likeness (QED) is 0.381. The van der Waals surface area contributed by atoms with Crippen molar-refractivity contribution in [3.05, 3.63) is 106 Å². The second-order valence-corrected chi connectivity index (χ2v) is 11.3. The number of nitrogens with zero attached hydrogens (tertiary/aromatic N) is 2. The highest BCUT2D eigenvalue weighted by Crippen LogP contribution is 2.61. The molecule has 3 aromatic rings. The van der Waals surface area contributed by atoms with E-state index in [1.807, 2.05) is 36.4 Å². The minimum absolute atomic E-state index is 0.131. The van der Waals surface area contributed by atoms with Gasteiger partial charge in [0.05, 0.1) is 12.1 Å². The lowest BCUT2D eigenvalue weighted by Gasteiger charge is -2.56. The van der Waals surface area contributed by atoms with E-state index in [4.69, 9.17) is 11.3 Å². The lowest BCUT2D eigenvalue weighted by Crippen LogP contribution is -2.64. The summed E-state index contributed by atoms with van der Waals surface area (Å²) in [6.45, 7) is 8.58. The summed E-state index contributed by atoms with van der Waals surface area (Å²) in [5, 5.41) is 14.0. The Bertz CT molecular complexity index is 1520. The summed E-state index contributed by atoms with van der Waals surface area (Å²) in [7, 11) is 2.19. The van der Waals surface area contributed by atoms with Gasteiger partial charge in [-0.3, -0.25) is 4.79 Å². The third kappa shape index (κ3) is 3.65. The van der Waals surface area contributed by atoms with Crippen LogP contribution in [0.1, 0.15) is 33.5 Å². The fraction of sp³-hybridized carbons (Fsp3) is 0.333. The summed E-state index contributed by atoms with van der Waals surface area (Å²) in [6.07, 6.45) is 5.64. The number of hydrogen-bond donors (Lipinski definition) is 2. The number of rotatable bonds is 5.